The Labute approximate surface area is 98.2 Å². The summed E-state index contributed by atoms with van der Waals surface area (Å²) < 4.78 is 13.2. The van der Waals surface area contributed by atoms with Gasteiger partial charge in [0.25, 0.3) is 0 Å². The highest BCUT2D eigenvalue weighted by Gasteiger charge is 2.09. The molecule has 0 bridgehead atoms. The van der Waals surface area contributed by atoms with Crippen molar-refractivity contribution < 1.29 is 4.39 Å². The number of nitrogens with one attached hydrogen (secondary N) is 1. The predicted molar refractivity (Wildman–Crippen MR) is 62.8 cm³/mol. The maximum atomic E-state index is 13.2. The average Bonchev–Trinajstić information content (AvgIpc) is 2.77. The molecule has 84 valence electrons. The minimum atomic E-state index is -0.405. The molecule has 16 heavy (non-hydrogen) atoms. The minimum Gasteiger partial charge on any atom is -0.364 e. The zero-order chi connectivity index (χ0) is 11.5. The second-order valence-corrected chi connectivity index (χ2v) is 4.09. The fourth-order valence-corrected chi connectivity index (χ4v) is 1.72. The van der Waals surface area contributed by atoms with Crippen LogP contribution in [-0.2, 0) is 6.42 Å². The van der Waals surface area contributed by atoms with E-state index < -0.39 is 5.82 Å². The van der Waals surface area contributed by atoms with Crippen molar-refractivity contribution in [3.8, 4) is 0 Å². The van der Waals surface area contributed by atoms with Crippen LogP contribution in [0.5, 0.6) is 0 Å². The van der Waals surface area contributed by atoms with E-state index in [9.17, 15) is 4.39 Å². The van der Waals surface area contributed by atoms with Crippen LogP contribution in [0.4, 0.5) is 4.39 Å². The van der Waals surface area contributed by atoms with E-state index in [0.717, 1.165) is 11.3 Å². The molecule has 0 fully saturated rings. The van der Waals surface area contributed by atoms with Crippen LogP contribution in [0.3, 0.4) is 0 Å². The van der Waals surface area contributed by atoms with Crippen molar-refractivity contribution in [1.82, 2.24) is 4.98 Å². The van der Waals surface area contributed by atoms with Gasteiger partial charge in [-0.15, -0.1) is 0 Å². The molecule has 1 heterocycles. The summed E-state index contributed by atoms with van der Waals surface area (Å²) in [5.74, 6) is -0.405. The lowest BCUT2D eigenvalue weighted by atomic mass is 10.0. The molecular formula is C12H12ClFN2. The Morgan fingerprint density at radius 3 is 2.81 bits per heavy atom. The van der Waals surface area contributed by atoms with Crippen LogP contribution in [0.1, 0.15) is 17.3 Å². The first kappa shape index (κ1) is 11.2. The van der Waals surface area contributed by atoms with Crippen molar-refractivity contribution in [2.75, 3.05) is 0 Å². The first-order valence-electron chi connectivity index (χ1n) is 4.99. The summed E-state index contributed by atoms with van der Waals surface area (Å²) in [4.78, 5) is 3.04. The molecule has 0 saturated heterocycles. The molecule has 0 saturated carbocycles. The average molecular weight is 239 g/mol. The largest absolute Gasteiger partial charge is 0.364 e. The maximum absolute atomic E-state index is 13.2. The van der Waals surface area contributed by atoms with Crippen molar-refractivity contribution >= 4 is 11.6 Å². The van der Waals surface area contributed by atoms with Gasteiger partial charge in [0.05, 0.1) is 5.02 Å². The minimum absolute atomic E-state index is 0.136. The highest BCUT2D eigenvalue weighted by Crippen LogP contribution is 2.19. The van der Waals surface area contributed by atoms with Gasteiger partial charge in [0, 0.05) is 17.9 Å². The Morgan fingerprint density at radius 1 is 1.38 bits per heavy atom. The second-order valence-electron chi connectivity index (χ2n) is 3.68. The quantitative estimate of drug-likeness (QED) is 0.848. The van der Waals surface area contributed by atoms with Crippen LogP contribution >= 0.6 is 11.6 Å². The summed E-state index contributed by atoms with van der Waals surface area (Å²) in [6.45, 7) is 0. The fraction of sp³-hybridized carbons (Fsp3) is 0.167. The second kappa shape index (κ2) is 4.68. The smallest absolute Gasteiger partial charge is 0.142 e. The van der Waals surface area contributed by atoms with Crippen molar-refractivity contribution in [2.24, 2.45) is 5.73 Å². The van der Waals surface area contributed by atoms with Crippen LogP contribution in [0.15, 0.2) is 36.5 Å². The Bertz CT molecular complexity index is 468. The van der Waals surface area contributed by atoms with Crippen LogP contribution in [0.2, 0.25) is 5.02 Å². The number of benzene rings is 1. The Balaban J connectivity index is 2.12. The normalized spacial score (nSPS) is 12.7. The van der Waals surface area contributed by atoms with Gasteiger partial charge in [-0.2, -0.15) is 0 Å². The molecule has 1 aromatic heterocycles. The van der Waals surface area contributed by atoms with Crippen molar-refractivity contribution in [1.29, 1.82) is 0 Å². The molecule has 0 spiro atoms. The van der Waals surface area contributed by atoms with Crippen LogP contribution < -0.4 is 5.73 Å². The van der Waals surface area contributed by atoms with E-state index in [-0.39, 0.29) is 11.1 Å². The molecule has 1 unspecified atom stereocenters. The first-order chi connectivity index (χ1) is 7.66. The van der Waals surface area contributed by atoms with E-state index in [0.29, 0.717) is 6.42 Å². The Kier molecular flexibility index (Phi) is 3.27. The monoisotopic (exact) mass is 238 g/mol. The van der Waals surface area contributed by atoms with E-state index in [1.54, 1.807) is 12.1 Å². The van der Waals surface area contributed by atoms with Gasteiger partial charge in [0.2, 0.25) is 0 Å². The topological polar surface area (TPSA) is 41.8 Å². The fourth-order valence-electron chi connectivity index (χ4n) is 1.61. The molecule has 2 nitrogen and oxygen atoms in total. The zero-order valence-electron chi connectivity index (χ0n) is 8.58. The van der Waals surface area contributed by atoms with Gasteiger partial charge in [-0.25, -0.2) is 4.39 Å². The van der Waals surface area contributed by atoms with Crippen molar-refractivity contribution in [3.63, 3.8) is 0 Å². The zero-order valence-corrected chi connectivity index (χ0v) is 9.34. The Hall–Kier alpha value is -1.32. The number of hydrogen-bond acceptors (Lipinski definition) is 1. The number of H-pyrrole nitrogens is 1. The molecule has 1 atom stereocenters. The van der Waals surface area contributed by atoms with Gasteiger partial charge in [0.1, 0.15) is 5.82 Å². The molecule has 0 radical (unpaired) electrons. The lowest BCUT2D eigenvalue weighted by molar-refractivity contribution is 0.621. The molecule has 2 rings (SSSR count). The highest BCUT2D eigenvalue weighted by atomic mass is 35.5. The summed E-state index contributed by atoms with van der Waals surface area (Å²) in [5, 5.41) is 0.136. The predicted octanol–water partition coefficient (Wildman–Crippen LogP) is 3.05. The van der Waals surface area contributed by atoms with E-state index in [4.69, 9.17) is 17.3 Å². The maximum Gasteiger partial charge on any atom is 0.142 e. The van der Waals surface area contributed by atoms with Gasteiger partial charge in [-0.1, -0.05) is 17.7 Å². The third-order valence-electron chi connectivity index (χ3n) is 2.46. The Morgan fingerprint density at radius 2 is 2.19 bits per heavy atom. The molecule has 3 N–H and O–H groups in total. The SMILES string of the molecule is NC(Cc1ccc(Cl)c(F)c1)c1ccc[nH]1. The summed E-state index contributed by atoms with van der Waals surface area (Å²) in [7, 11) is 0. The molecule has 2 aromatic rings. The van der Waals surface area contributed by atoms with Gasteiger partial charge in [-0.3, -0.25) is 0 Å². The van der Waals surface area contributed by atoms with Gasteiger partial charge < -0.3 is 10.7 Å². The molecule has 0 aliphatic carbocycles. The molecule has 0 aliphatic rings. The lowest BCUT2D eigenvalue weighted by Crippen LogP contribution is -2.13. The molecule has 0 aliphatic heterocycles. The number of hydrogen-bond donors (Lipinski definition) is 2. The van der Waals surface area contributed by atoms with Gasteiger partial charge in [-0.05, 0) is 36.2 Å². The summed E-state index contributed by atoms with van der Waals surface area (Å²) >= 11 is 5.60. The molecule has 1 aromatic carbocycles. The summed E-state index contributed by atoms with van der Waals surface area (Å²) in [6.07, 6.45) is 2.40. The third kappa shape index (κ3) is 2.43. The van der Waals surface area contributed by atoms with E-state index in [2.05, 4.69) is 4.98 Å². The first-order valence-corrected chi connectivity index (χ1v) is 5.37. The van der Waals surface area contributed by atoms with Crippen LogP contribution in [0.25, 0.3) is 0 Å². The number of aromatic amines is 1. The third-order valence-corrected chi connectivity index (χ3v) is 2.77. The molecule has 0 amide bonds. The number of nitrogens with two attached hydrogens (primary N) is 1. The van der Waals surface area contributed by atoms with Crippen molar-refractivity contribution in [2.45, 2.75) is 12.5 Å². The van der Waals surface area contributed by atoms with E-state index in [1.807, 2.05) is 18.3 Å². The standard InChI is InChI=1S/C12H12ClFN2/c13-9-4-3-8(6-10(9)14)7-11(15)12-2-1-5-16-12/h1-6,11,16H,7,15H2. The number of aromatic nitrogens is 1. The molecular weight excluding hydrogens is 227 g/mol. The van der Waals surface area contributed by atoms with Gasteiger partial charge in [0.15, 0.2) is 0 Å². The van der Waals surface area contributed by atoms with Crippen LogP contribution in [-0.4, -0.2) is 4.98 Å². The van der Waals surface area contributed by atoms with E-state index in [1.165, 1.54) is 6.07 Å². The van der Waals surface area contributed by atoms with Crippen molar-refractivity contribution in [3.05, 3.63) is 58.6 Å². The number of halogens is 2. The summed E-state index contributed by atoms with van der Waals surface area (Å²) in [6, 6.07) is 8.40. The van der Waals surface area contributed by atoms with E-state index >= 15 is 0 Å². The summed E-state index contributed by atoms with van der Waals surface area (Å²) in [5.41, 5.74) is 7.75. The lowest BCUT2D eigenvalue weighted by Gasteiger charge is -2.10. The highest BCUT2D eigenvalue weighted by molar-refractivity contribution is 6.30. The van der Waals surface area contributed by atoms with Gasteiger partial charge >= 0.3 is 0 Å². The van der Waals surface area contributed by atoms with Crippen LogP contribution in [0, 0.1) is 5.82 Å². The number of rotatable bonds is 3. The molecule has 4 heteroatoms.